The summed E-state index contributed by atoms with van der Waals surface area (Å²) in [6.45, 7) is 0.277. The van der Waals surface area contributed by atoms with Crippen LogP contribution in [0.25, 0.3) is 0 Å². The van der Waals surface area contributed by atoms with Gasteiger partial charge >= 0.3 is 6.09 Å². The van der Waals surface area contributed by atoms with E-state index in [1.807, 2.05) is 72.8 Å². The third-order valence-electron chi connectivity index (χ3n) is 5.31. The summed E-state index contributed by atoms with van der Waals surface area (Å²) >= 11 is -2.23. The highest BCUT2D eigenvalue weighted by molar-refractivity contribution is 7.80. The maximum absolute atomic E-state index is 12.4. The van der Waals surface area contributed by atoms with Crippen molar-refractivity contribution in [3.63, 3.8) is 0 Å². The Morgan fingerprint density at radius 1 is 0.861 bits per heavy atom. The van der Waals surface area contributed by atoms with Crippen molar-refractivity contribution < 1.29 is 23.0 Å². The highest BCUT2D eigenvalue weighted by Crippen LogP contribution is 2.23. The third-order valence-corrected chi connectivity index (χ3v) is 6.08. The molecule has 1 unspecified atom stereocenters. The number of carbonyl (C=O) groups is 1. The van der Waals surface area contributed by atoms with Crippen LogP contribution in [0.3, 0.4) is 0 Å². The number of para-hydroxylation sites is 2. The Bertz CT molecular complexity index is 1290. The Morgan fingerprint density at radius 2 is 1.53 bits per heavy atom. The smallest absolute Gasteiger partial charge is 0.419 e. The van der Waals surface area contributed by atoms with Gasteiger partial charge in [-0.25, -0.2) is 14.0 Å². The molecule has 0 bridgehead atoms. The first-order valence-corrected chi connectivity index (χ1v) is 12.2. The van der Waals surface area contributed by atoms with Crippen molar-refractivity contribution in [3.8, 4) is 17.4 Å². The number of pyridine rings is 1. The minimum Gasteiger partial charge on any atom is -0.439 e. The second-order valence-electron chi connectivity index (χ2n) is 7.76. The minimum absolute atomic E-state index is 0.277. The number of rotatable bonds is 9. The summed E-state index contributed by atoms with van der Waals surface area (Å²) < 4.78 is 34.2. The summed E-state index contributed by atoms with van der Waals surface area (Å²) in [5.74, 6) is 1.45. The van der Waals surface area contributed by atoms with Gasteiger partial charge in [0.1, 0.15) is 11.5 Å². The van der Waals surface area contributed by atoms with Crippen molar-refractivity contribution in [3.05, 3.63) is 109 Å². The van der Waals surface area contributed by atoms with Crippen molar-refractivity contribution in [1.29, 1.82) is 0 Å². The van der Waals surface area contributed by atoms with Gasteiger partial charge in [-0.15, -0.1) is 0 Å². The van der Waals surface area contributed by atoms with Gasteiger partial charge in [-0.1, -0.05) is 48.5 Å². The number of hydrogen-bond donors (Lipinski definition) is 1. The molecule has 36 heavy (non-hydrogen) atoms. The first-order valence-electron chi connectivity index (χ1n) is 11.2. The van der Waals surface area contributed by atoms with Gasteiger partial charge in [-0.2, -0.15) is 0 Å². The van der Waals surface area contributed by atoms with Crippen LogP contribution in [-0.2, 0) is 17.7 Å². The van der Waals surface area contributed by atoms with E-state index in [1.54, 1.807) is 31.3 Å². The lowest BCUT2D eigenvalue weighted by Gasteiger charge is -2.20. The fourth-order valence-electron chi connectivity index (χ4n) is 3.37. The molecule has 0 aliphatic carbocycles. The molecule has 4 rings (SSSR count). The number of benzene rings is 3. The first kappa shape index (κ1) is 24.9. The summed E-state index contributed by atoms with van der Waals surface area (Å²) in [5.41, 5.74) is 2.13. The van der Waals surface area contributed by atoms with Crippen molar-refractivity contribution in [1.82, 2.24) is 4.98 Å². The van der Waals surface area contributed by atoms with Gasteiger partial charge in [0.25, 0.3) is 11.3 Å². The number of ether oxygens (including phenoxy) is 2. The molecule has 1 heterocycles. The number of amides is 1. The fourth-order valence-corrected chi connectivity index (χ4v) is 3.90. The van der Waals surface area contributed by atoms with E-state index in [4.69, 9.17) is 9.47 Å². The minimum atomic E-state index is -2.23. The Hall–Kier alpha value is -4.21. The highest BCUT2D eigenvalue weighted by Gasteiger charge is 2.15. The van der Waals surface area contributed by atoms with Crippen LogP contribution < -0.4 is 18.7 Å². The molecule has 4 aromatic rings. The first-order chi connectivity index (χ1) is 17.5. The Balaban J connectivity index is 1.33. The molecule has 0 spiro atoms. The SMILES string of the molecule is CN(C(=O)Oc1ccc(CCN(c2ccc(Oc3ccccc3)nc2)S(=O)O)cc1)c1ccccc1. The average molecular weight is 504 g/mol. The van der Waals surface area contributed by atoms with E-state index in [0.29, 0.717) is 29.5 Å². The molecule has 3 aromatic carbocycles. The topological polar surface area (TPSA) is 92.2 Å². The summed E-state index contributed by atoms with van der Waals surface area (Å²) in [4.78, 5) is 18.1. The second-order valence-corrected chi connectivity index (χ2v) is 8.66. The van der Waals surface area contributed by atoms with Crippen molar-refractivity contribution in [2.24, 2.45) is 0 Å². The zero-order chi connectivity index (χ0) is 25.3. The van der Waals surface area contributed by atoms with Gasteiger partial charge in [0.15, 0.2) is 0 Å². The van der Waals surface area contributed by atoms with E-state index in [1.165, 1.54) is 15.4 Å². The molecule has 0 radical (unpaired) electrons. The number of aromatic nitrogens is 1. The summed E-state index contributed by atoms with van der Waals surface area (Å²) in [6.07, 6.45) is 1.49. The Morgan fingerprint density at radius 3 is 2.14 bits per heavy atom. The van der Waals surface area contributed by atoms with Crippen LogP contribution in [0.1, 0.15) is 5.56 Å². The molecular formula is C27H25N3O5S. The predicted molar refractivity (Wildman–Crippen MR) is 140 cm³/mol. The number of hydrogen-bond acceptors (Lipinski definition) is 5. The molecule has 1 amide bonds. The van der Waals surface area contributed by atoms with E-state index >= 15 is 0 Å². The van der Waals surface area contributed by atoms with E-state index in [9.17, 15) is 13.6 Å². The number of carbonyl (C=O) groups excluding carboxylic acids is 1. The quantitative estimate of drug-likeness (QED) is 0.295. The lowest BCUT2D eigenvalue weighted by molar-refractivity contribution is 0.209. The lowest BCUT2D eigenvalue weighted by Crippen LogP contribution is -2.29. The molecule has 1 atom stereocenters. The van der Waals surface area contributed by atoms with Crippen LogP contribution in [-0.4, -0.2) is 33.4 Å². The van der Waals surface area contributed by atoms with Crippen LogP contribution in [0.5, 0.6) is 17.4 Å². The van der Waals surface area contributed by atoms with E-state index < -0.39 is 17.4 Å². The van der Waals surface area contributed by atoms with Crippen molar-refractivity contribution in [2.75, 3.05) is 22.8 Å². The van der Waals surface area contributed by atoms with Crippen LogP contribution in [0.15, 0.2) is 103 Å². The van der Waals surface area contributed by atoms with E-state index in [0.717, 1.165) is 11.3 Å². The predicted octanol–water partition coefficient (Wildman–Crippen LogP) is 5.69. The standard InChI is InChI=1S/C27H25N3O5S/c1-29(22-8-4-2-5-9-22)27(31)35-25-15-12-21(13-16-25)18-19-30(36(32)33)23-14-17-26(28-20-23)34-24-10-6-3-7-11-24/h2-17,20H,18-19H2,1H3,(H,32,33). The average Bonchev–Trinajstić information content (AvgIpc) is 2.91. The zero-order valence-corrected chi connectivity index (χ0v) is 20.4. The van der Waals surface area contributed by atoms with Gasteiger partial charge in [0.2, 0.25) is 5.88 Å². The van der Waals surface area contributed by atoms with Gasteiger partial charge in [0, 0.05) is 25.3 Å². The van der Waals surface area contributed by atoms with Gasteiger partial charge in [0.05, 0.1) is 11.9 Å². The van der Waals surface area contributed by atoms with Crippen LogP contribution >= 0.6 is 0 Å². The van der Waals surface area contributed by atoms with Crippen molar-refractivity contribution in [2.45, 2.75) is 6.42 Å². The molecule has 0 saturated carbocycles. The molecule has 1 N–H and O–H groups in total. The maximum Gasteiger partial charge on any atom is 0.419 e. The normalized spacial score (nSPS) is 11.4. The molecule has 0 aliphatic rings. The second kappa shape index (κ2) is 12.0. The van der Waals surface area contributed by atoms with Gasteiger partial charge in [-0.3, -0.25) is 13.8 Å². The molecule has 9 heteroatoms. The summed E-state index contributed by atoms with van der Waals surface area (Å²) in [7, 11) is 1.64. The van der Waals surface area contributed by atoms with E-state index in [2.05, 4.69) is 4.98 Å². The molecule has 8 nitrogen and oxygen atoms in total. The summed E-state index contributed by atoms with van der Waals surface area (Å²) in [6, 6.07) is 28.8. The summed E-state index contributed by atoms with van der Waals surface area (Å²) in [5, 5.41) is 0. The Labute approximate surface area is 212 Å². The molecule has 0 saturated heterocycles. The molecule has 0 fully saturated rings. The Kier molecular flexibility index (Phi) is 8.28. The molecule has 0 aliphatic heterocycles. The molecule has 184 valence electrons. The van der Waals surface area contributed by atoms with Crippen LogP contribution in [0, 0.1) is 0 Å². The number of anilines is 2. The van der Waals surface area contributed by atoms with Gasteiger partial charge < -0.3 is 9.47 Å². The molecule has 1 aromatic heterocycles. The zero-order valence-electron chi connectivity index (χ0n) is 19.6. The van der Waals surface area contributed by atoms with E-state index in [-0.39, 0.29) is 6.54 Å². The molecular weight excluding hydrogens is 478 g/mol. The lowest BCUT2D eigenvalue weighted by atomic mass is 10.1. The fraction of sp³-hybridized carbons (Fsp3) is 0.111. The van der Waals surface area contributed by atoms with Gasteiger partial charge in [-0.05, 0) is 54.4 Å². The maximum atomic E-state index is 12.4. The third kappa shape index (κ3) is 6.68. The monoisotopic (exact) mass is 503 g/mol. The van der Waals surface area contributed by atoms with Crippen LogP contribution in [0.2, 0.25) is 0 Å². The highest BCUT2D eigenvalue weighted by atomic mass is 32.2. The van der Waals surface area contributed by atoms with Crippen molar-refractivity contribution >= 4 is 28.7 Å². The largest absolute Gasteiger partial charge is 0.439 e. The number of nitrogens with zero attached hydrogens (tertiary/aromatic N) is 3. The van der Waals surface area contributed by atoms with Crippen LogP contribution in [0.4, 0.5) is 16.2 Å².